The summed E-state index contributed by atoms with van der Waals surface area (Å²) in [5.41, 5.74) is 0.444. The molecule has 1 aliphatic heterocycles. The van der Waals surface area contributed by atoms with Gasteiger partial charge in [0, 0.05) is 33.8 Å². The molecule has 2 rings (SSSR count). The van der Waals surface area contributed by atoms with Crippen LogP contribution in [0, 0.1) is 0 Å². The molecule has 1 fully saturated rings. The molecule has 1 aromatic carbocycles. The van der Waals surface area contributed by atoms with Crippen LogP contribution in [-0.4, -0.2) is 35.2 Å². The largest absolute Gasteiger partial charge is 0.386 e. The molecular formula is C12H14Cl2N2O2S. The van der Waals surface area contributed by atoms with Gasteiger partial charge in [-0.3, -0.25) is 10.1 Å². The number of thioether (sulfide) groups is 1. The molecule has 1 heterocycles. The lowest BCUT2D eigenvalue weighted by Crippen LogP contribution is -2.43. The van der Waals surface area contributed by atoms with Gasteiger partial charge in [0.15, 0.2) is 0 Å². The van der Waals surface area contributed by atoms with E-state index in [9.17, 15) is 9.90 Å². The summed E-state index contributed by atoms with van der Waals surface area (Å²) in [4.78, 5) is 11.8. The molecule has 0 aromatic heterocycles. The summed E-state index contributed by atoms with van der Waals surface area (Å²) in [5, 5.41) is 16.6. The van der Waals surface area contributed by atoms with Crippen molar-refractivity contribution in [2.45, 2.75) is 12.1 Å². The number of hydrogen-bond donors (Lipinski definition) is 3. The molecule has 0 aliphatic carbocycles. The Hall–Kier alpha value is -0.460. The lowest BCUT2D eigenvalue weighted by molar-refractivity contribution is -0.122. The molecule has 2 atom stereocenters. The number of aliphatic hydroxyl groups excluding tert-OH is 1. The van der Waals surface area contributed by atoms with Gasteiger partial charge in [0.1, 0.15) is 0 Å². The van der Waals surface area contributed by atoms with Crippen molar-refractivity contribution in [1.29, 1.82) is 0 Å². The number of rotatable bonds is 4. The van der Waals surface area contributed by atoms with E-state index in [1.54, 1.807) is 30.0 Å². The van der Waals surface area contributed by atoms with Crippen LogP contribution < -0.4 is 10.6 Å². The lowest BCUT2D eigenvalue weighted by atomic mass is 10.1. The fourth-order valence-corrected chi connectivity index (χ4v) is 3.41. The first-order valence-corrected chi connectivity index (χ1v) is 7.71. The summed E-state index contributed by atoms with van der Waals surface area (Å²) in [7, 11) is 0. The van der Waals surface area contributed by atoms with E-state index in [0.29, 0.717) is 15.6 Å². The number of carbonyl (C=O) groups is 1. The quantitative estimate of drug-likeness (QED) is 0.791. The lowest BCUT2D eigenvalue weighted by Gasteiger charge is -2.16. The van der Waals surface area contributed by atoms with E-state index in [0.717, 1.165) is 11.6 Å². The van der Waals surface area contributed by atoms with Crippen molar-refractivity contribution in [1.82, 2.24) is 10.6 Å². The highest BCUT2D eigenvalue weighted by molar-refractivity contribution is 7.99. The van der Waals surface area contributed by atoms with Crippen molar-refractivity contribution in [2.24, 2.45) is 0 Å². The smallest absolute Gasteiger partial charge is 0.238 e. The van der Waals surface area contributed by atoms with Crippen molar-refractivity contribution < 1.29 is 9.90 Å². The average Bonchev–Trinajstić information content (AvgIpc) is 2.89. The minimum atomic E-state index is -0.917. The van der Waals surface area contributed by atoms with Gasteiger partial charge < -0.3 is 10.4 Å². The summed E-state index contributed by atoms with van der Waals surface area (Å²) >= 11 is 13.7. The molecule has 0 spiro atoms. The van der Waals surface area contributed by atoms with E-state index in [1.807, 2.05) is 0 Å². The van der Waals surface area contributed by atoms with E-state index in [-0.39, 0.29) is 18.5 Å². The first-order valence-electron chi connectivity index (χ1n) is 5.80. The predicted octanol–water partition coefficient (Wildman–Crippen LogP) is 1.81. The van der Waals surface area contributed by atoms with Crippen LogP contribution in [0.2, 0.25) is 10.0 Å². The molecule has 4 nitrogen and oxygen atoms in total. The van der Waals surface area contributed by atoms with E-state index >= 15 is 0 Å². The van der Waals surface area contributed by atoms with Crippen LogP contribution in [0.5, 0.6) is 0 Å². The maximum Gasteiger partial charge on any atom is 0.238 e. The van der Waals surface area contributed by atoms with E-state index in [1.165, 1.54) is 0 Å². The molecule has 1 aliphatic rings. The van der Waals surface area contributed by atoms with Gasteiger partial charge in [-0.25, -0.2) is 0 Å². The first-order chi connectivity index (χ1) is 9.09. The fourth-order valence-electron chi connectivity index (χ4n) is 1.82. The Labute approximate surface area is 125 Å². The topological polar surface area (TPSA) is 61.4 Å². The maximum absolute atomic E-state index is 11.8. The van der Waals surface area contributed by atoms with Crippen LogP contribution in [0.4, 0.5) is 0 Å². The summed E-state index contributed by atoms with van der Waals surface area (Å²) in [5.74, 6) is 1.40. The molecule has 1 aromatic rings. The standard InChI is InChI=1S/C12H14Cl2N2O2S/c13-7-2-1-3-8(14)11(7)10(17)4-15-12(18)9-5-19-6-16-9/h1-3,9-10,16-17H,4-6H2,(H,15,18)/t9-,10-/m1/s1. The number of amides is 1. The van der Waals surface area contributed by atoms with E-state index in [2.05, 4.69) is 10.6 Å². The molecule has 0 radical (unpaired) electrons. The summed E-state index contributed by atoms with van der Waals surface area (Å²) in [6.45, 7) is 0.0884. The molecule has 19 heavy (non-hydrogen) atoms. The highest BCUT2D eigenvalue weighted by atomic mass is 35.5. The zero-order valence-electron chi connectivity index (χ0n) is 10.0. The van der Waals surface area contributed by atoms with Crippen molar-refractivity contribution in [3.8, 4) is 0 Å². The van der Waals surface area contributed by atoms with Crippen LogP contribution >= 0.6 is 35.0 Å². The first kappa shape index (κ1) is 14.9. The molecule has 7 heteroatoms. The number of hydrogen-bond acceptors (Lipinski definition) is 4. The van der Waals surface area contributed by atoms with Gasteiger partial charge in [0.2, 0.25) is 5.91 Å². The minimum absolute atomic E-state index is 0.0884. The van der Waals surface area contributed by atoms with Crippen LogP contribution in [0.3, 0.4) is 0 Å². The monoisotopic (exact) mass is 320 g/mol. The summed E-state index contributed by atoms with van der Waals surface area (Å²) < 4.78 is 0. The van der Waals surface area contributed by atoms with Crippen molar-refractivity contribution in [3.05, 3.63) is 33.8 Å². The molecule has 1 saturated heterocycles. The molecular weight excluding hydrogens is 307 g/mol. The second kappa shape index (κ2) is 6.81. The average molecular weight is 321 g/mol. The molecule has 104 valence electrons. The Morgan fingerprint density at radius 3 is 2.79 bits per heavy atom. The van der Waals surface area contributed by atoms with Crippen molar-refractivity contribution in [3.63, 3.8) is 0 Å². The van der Waals surface area contributed by atoms with Gasteiger partial charge in [-0.2, -0.15) is 0 Å². The van der Waals surface area contributed by atoms with Gasteiger partial charge in [0.25, 0.3) is 0 Å². The Morgan fingerprint density at radius 2 is 2.21 bits per heavy atom. The van der Waals surface area contributed by atoms with Crippen LogP contribution in [0.25, 0.3) is 0 Å². The Kier molecular flexibility index (Phi) is 5.36. The zero-order valence-corrected chi connectivity index (χ0v) is 12.4. The van der Waals surface area contributed by atoms with Gasteiger partial charge in [0.05, 0.1) is 12.1 Å². The van der Waals surface area contributed by atoms with Gasteiger partial charge in [-0.05, 0) is 12.1 Å². The Bertz CT molecular complexity index is 447. The normalized spacial score (nSPS) is 20.3. The zero-order chi connectivity index (χ0) is 13.8. The number of aliphatic hydroxyl groups is 1. The molecule has 0 saturated carbocycles. The Morgan fingerprint density at radius 1 is 1.53 bits per heavy atom. The highest BCUT2D eigenvalue weighted by Gasteiger charge is 2.23. The molecule has 1 amide bonds. The second-order valence-electron chi connectivity index (χ2n) is 4.17. The van der Waals surface area contributed by atoms with Crippen LogP contribution in [-0.2, 0) is 4.79 Å². The third-order valence-corrected chi connectivity index (χ3v) is 4.43. The number of halogens is 2. The number of carbonyl (C=O) groups excluding carboxylic acids is 1. The molecule has 0 bridgehead atoms. The van der Waals surface area contributed by atoms with Gasteiger partial charge in [-0.15, -0.1) is 11.8 Å². The molecule has 0 unspecified atom stereocenters. The van der Waals surface area contributed by atoms with Crippen LogP contribution in [0.1, 0.15) is 11.7 Å². The summed E-state index contributed by atoms with van der Waals surface area (Å²) in [6.07, 6.45) is -0.917. The minimum Gasteiger partial charge on any atom is -0.386 e. The second-order valence-corrected chi connectivity index (χ2v) is 6.01. The molecule has 3 N–H and O–H groups in total. The third-order valence-electron chi connectivity index (χ3n) is 2.84. The maximum atomic E-state index is 11.8. The van der Waals surface area contributed by atoms with Gasteiger partial charge in [-0.1, -0.05) is 29.3 Å². The van der Waals surface area contributed by atoms with Crippen LogP contribution in [0.15, 0.2) is 18.2 Å². The third kappa shape index (κ3) is 3.77. The van der Waals surface area contributed by atoms with Gasteiger partial charge >= 0.3 is 0 Å². The van der Waals surface area contributed by atoms with Crippen molar-refractivity contribution in [2.75, 3.05) is 18.2 Å². The highest BCUT2D eigenvalue weighted by Crippen LogP contribution is 2.29. The fraction of sp³-hybridized carbons (Fsp3) is 0.417. The number of benzene rings is 1. The number of nitrogens with one attached hydrogen (secondary N) is 2. The summed E-state index contributed by atoms with van der Waals surface area (Å²) in [6, 6.07) is 4.82. The van der Waals surface area contributed by atoms with E-state index in [4.69, 9.17) is 23.2 Å². The SMILES string of the molecule is O=C(NC[C@@H](O)c1c(Cl)cccc1Cl)[C@H]1CSCN1. The van der Waals surface area contributed by atoms with E-state index < -0.39 is 6.10 Å². The predicted molar refractivity (Wildman–Crippen MR) is 78.7 cm³/mol. The Balaban J connectivity index is 1.93. The van der Waals surface area contributed by atoms with Crippen molar-refractivity contribution >= 4 is 40.9 Å².